The number of nitrogens with zero attached hydrogens (tertiary/aromatic N) is 1. The first-order valence-electron chi connectivity index (χ1n) is 8.71. The number of hydrogen-bond donors (Lipinski definition) is 1. The first-order chi connectivity index (χ1) is 14.1. The average Bonchev–Trinajstić information content (AvgIpc) is 3.07. The molecule has 30 heavy (non-hydrogen) atoms. The van der Waals surface area contributed by atoms with Gasteiger partial charge in [-0.3, -0.25) is 0 Å². The molecule has 1 N–H and O–H groups in total. The molecule has 10 heteroatoms. The van der Waals surface area contributed by atoms with Crippen molar-refractivity contribution in [3.05, 3.63) is 71.7 Å². The van der Waals surface area contributed by atoms with Gasteiger partial charge in [0.05, 0.1) is 17.6 Å². The van der Waals surface area contributed by atoms with Gasteiger partial charge >= 0.3 is 6.18 Å². The summed E-state index contributed by atoms with van der Waals surface area (Å²) in [7, 11) is -1.57. The zero-order valence-electron chi connectivity index (χ0n) is 16.0. The Kier molecular flexibility index (Phi) is 5.91. The Morgan fingerprint density at radius 1 is 1.10 bits per heavy atom. The third kappa shape index (κ3) is 3.92. The van der Waals surface area contributed by atoms with Crippen molar-refractivity contribution in [2.75, 3.05) is 14.2 Å². The minimum atomic E-state index is -4.72. The van der Waals surface area contributed by atoms with Crippen molar-refractivity contribution in [2.45, 2.75) is 17.6 Å². The molecule has 0 bridgehead atoms. The maximum absolute atomic E-state index is 14.5. The van der Waals surface area contributed by atoms with Crippen LogP contribution in [0.3, 0.4) is 0 Å². The Morgan fingerprint density at radius 3 is 2.40 bits per heavy atom. The van der Waals surface area contributed by atoms with Crippen LogP contribution in [0, 0.1) is 5.82 Å². The zero-order valence-corrected chi connectivity index (χ0v) is 16.8. The van der Waals surface area contributed by atoms with E-state index in [1.54, 1.807) is 7.05 Å². The van der Waals surface area contributed by atoms with Gasteiger partial charge in [0, 0.05) is 23.9 Å². The summed E-state index contributed by atoms with van der Waals surface area (Å²) in [5, 5.41) is 2.85. The van der Waals surface area contributed by atoms with Gasteiger partial charge in [-0.2, -0.15) is 13.2 Å². The first-order valence-corrected chi connectivity index (χ1v) is 10.2. The van der Waals surface area contributed by atoms with Crippen LogP contribution in [0.5, 0.6) is 5.75 Å². The molecule has 0 fully saturated rings. The first kappa shape index (κ1) is 21.8. The van der Waals surface area contributed by atoms with Crippen molar-refractivity contribution in [3.63, 3.8) is 0 Å². The molecule has 0 aliphatic rings. The van der Waals surface area contributed by atoms with E-state index in [2.05, 4.69) is 5.32 Å². The second-order valence-electron chi connectivity index (χ2n) is 6.37. The molecule has 1 aromatic heterocycles. The molecule has 0 saturated heterocycles. The minimum Gasteiger partial charge on any atom is -0.494 e. The summed E-state index contributed by atoms with van der Waals surface area (Å²) < 4.78 is 86.6. The molecule has 0 aliphatic carbocycles. The highest BCUT2D eigenvalue weighted by Crippen LogP contribution is 2.39. The maximum atomic E-state index is 14.5. The number of alkyl halides is 3. The molecule has 2 aromatic carbocycles. The molecule has 5 nitrogen and oxygen atoms in total. The second-order valence-corrected chi connectivity index (χ2v) is 8.19. The highest BCUT2D eigenvalue weighted by atomic mass is 32.2. The van der Waals surface area contributed by atoms with Gasteiger partial charge in [0.2, 0.25) is 0 Å². The van der Waals surface area contributed by atoms with Crippen LogP contribution in [0.4, 0.5) is 17.6 Å². The number of halogens is 4. The van der Waals surface area contributed by atoms with Gasteiger partial charge < -0.3 is 10.1 Å². The third-order valence-electron chi connectivity index (χ3n) is 4.42. The average molecular weight is 442 g/mol. The lowest BCUT2D eigenvalue weighted by molar-refractivity contribution is -0.137. The van der Waals surface area contributed by atoms with Gasteiger partial charge in [0.15, 0.2) is 0 Å². The number of methoxy groups -OCH3 is 1. The molecule has 160 valence electrons. The molecule has 0 saturated carbocycles. The van der Waals surface area contributed by atoms with E-state index >= 15 is 0 Å². The van der Waals surface area contributed by atoms with Gasteiger partial charge in [-0.25, -0.2) is 16.8 Å². The fraction of sp³-hybridized carbons (Fsp3) is 0.200. The van der Waals surface area contributed by atoms with Gasteiger partial charge in [0.25, 0.3) is 10.0 Å². The Labute approximate surface area is 171 Å². The summed E-state index contributed by atoms with van der Waals surface area (Å²) in [6.07, 6.45) is -3.50. The van der Waals surface area contributed by atoms with E-state index in [0.717, 1.165) is 28.2 Å². The second kappa shape index (κ2) is 8.11. The van der Waals surface area contributed by atoms with Crippen LogP contribution in [0.1, 0.15) is 11.1 Å². The van der Waals surface area contributed by atoms with Crippen LogP contribution in [0.25, 0.3) is 11.3 Å². The molecular weight excluding hydrogens is 424 g/mol. The van der Waals surface area contributed by atoms with Crippen LogP contribution in [0.15, 0.2) is 59.6 Å². The lowest BCUT2D eigenvalue weighted by atomic mass is 10.1. The molecule has 3 aromatic rings. The van der Waals surface area contributed by atoms with E-state index in [-0.39, 0.29) is 23.6 Å². The van der Waals surface area contributed by atoms with Gasteiger partial charge in [-0.05, 0) is 37.4 Å². The van der Waals surface area contributed by atoms with Crippen molar-refractivity contribution in [3.8, 4) is 17.0 Å². The fourth-order valence-electron chi connectivity index (χ4n) is 3.09. The fourth-order valence-corrected chi connectivity index (χ4v) is 4.53. The number of hydrogen-bond acceptors (Lipinski definition) is 4. The molecule has 0 spiro atoms. The number of benzene rings is 2. The van der Waals surface area contributed by atoms with E-state index in [4.69, 9.17) is 4.74 Å². The molecule has 3 rings (SSSR count). The molecule has 0 atom stereocenters. The van der Waals surface area contributed by atoms with Crippen LogP contribution in [-0.2, 0) is 22.7 Å². The number of rotatable bonds is 6. The normalized spacial score (nSPS) is 12.2. The van der Waals surface area contributed by atoms with Crippen LogP contribution >= 0.6 is 0 Å². The van der Waals surface area contributed by atoms with E-state index in [1.165, 1.54) is 31.5 Å². The highest BCUT2D eigenvalue weighted by molar-refractivity contribution is 7.90. The standard InChI is InChI=1S/C20H18F4N2O3S/c1-25-11-13-12-26(18(19(13)29-2)16-8-3-4-9-17(16)21)30(27,28)15-7-5-6-14(10-15)20(22,23)24/h3-10,12,25H,11H2,1-2H3. The molecule has 0 amide bonds. The monoisotopic (exact) mass is 442 g/mol. The molecule has 0 aliphatic heterocycles. The number of aromatic nitrogens is 1. The largest absolute Gasteiger partial charge is 0.494 e. The quantitative estimate of drug-likeness (QED) is 0.579. The van der Waals surface area contributed by atoms with E-state index < -0.39 is 32.5 Å². The highest BCUT2D eigenvalue weighted by Gasteiger charge is 2.33. The summed E-state index contributed by atoms with van der Waals surface area (Å²) in [5.41, 5.74) is -0.884. The predicted molar refractivity (Wildman–Crippen MR) is 103 cm³/mol. The van der Waals surface area contributed by atoms with Crippen LogP contribution in [0.2, 0.25) is 0 Å². The topological polar surface area (TPSA) is 60.3 Å². The van der Waals surface area contributed by atoms with Crippen LogP contribution in [-0.4, -0.2) is 26.5 Å². The smallest absolute Gasteiger partial charge is 0.416 e. The molecule has 0 radical (unpaired) electrons. The lowest BCUT2D eigenvalue weighted by Crippen LogP contribution is -2.15. The Balaban J connectivity index is 2.31. The number of ether oxygens (including phenoxy) is 1. The molecule has 1 heterocycles. The maximum Gasteiger partial charge on any atom is 0.416 e. The summed E-state index contributed by atoms with van der Waals surface area (Å²) >= 11 is 0. The summed E-state index contributed by atoms with van der Waals surface area (Å²) in [4.78, 5) is -0.580. The van der Waals surface area contributed by atoms with Crippen molar-refractivity contribution in [2.24, 2.45) is 0 Å². The van der Waals surface area contributed by atoms with Gasteiger partial charge in [-0.15, -0.1) is 0 Å². The summed E-state index contributed by atoms with van der Waals surface area (Å²) in [5.74, 6) is -0.601. The SMILES string of the molecule is CNCc1cn(S(=O)(=O)c2cccc(C(F)(F)F)c2)c(-c2ccccc2F)c1OC. The van der Waals surface area contributed by atoms with Crippen molar-refractivity contribution < 1.29 is 30.7 Å². The lowest BCUT2D eigenvalue weighted by Gasteiger charge is -2.14. The van der Waals surface area contributed by atoms with Crippen molar-refractivity contribution in [1.29, 1.82) is 0 Å². The zero-order chi connectivity index (χ0) is 22.1. The molecular formula is C20H18F4N2O3S. The third-order valence-corrected chi connectivity index (χ3v) is 6.07. The predicted octanol–water partition coefficient (Wildman–Crippen LogP) is 4.28. The summed E-state index contributed by atoms with van der Waals surface area (Å²) in [6, 6.07) is 8.87. The van der Waals surface area contributed by atoms with Crippen LogP contribution < -0.4 is 10.1 Å². The minimum absolute atomic E-state index is 0.0627. The Bertz CT molecular complexity index is 1170. The molecule has 0 unspecified atom stereocenters. The van der Waals surface area contributed by atoms with Gasteiger partial charge in [0.1, 0.15) is 17.3 Å². The van der Waals surface area contributed by atoms with Crippen molar-refractivity contribution in [1.82, 2.24) is 9.29 Å². The van der Waals surface area contributed by atoms with E-state index in [1.807, 2.05) is 0 Å². The Morgan fingerprint density at radius 2 is 1.80 bits per heavy atom. The van der Waals surface area contributed by atoms with Crippen molar-refractivity contribution >= 4 is 10.0 Å². The Hall–Kier alpha value is -2.85. The van der Waals surface area contributed by atoms with Gasteiger partial charge in [-0.1, -0.05) is 18.2 Å². The number of nitrogens with one attached hydrogen (secondary N) is 1. The summed E-state index contributed by atoms with van der Waals surface area (Å²) in [6.45, 7) is 0.190. The van der Waals surface area contributed by atoms with E-state index in [0.29, 0.717) is 11.6 Å². The van der Waals surface area contributed by atoms with E-state index in [9.17, 15) is 26.0 Å².